The van der Waals surface area contributed by atoms with E-state index in [0.717, 1.165) is 17.7 Å². The number of hydrogen-bond donors (Lipinski definition) is 1. The van der Waals surface area contributed by atoms with Crippen LogP contribution in [-0.4, -0.2) is 17.7 Å². The van der Waals surface area contributed by atoms with Crippen LogP contribution in [0.15, 0.2) is 48.5 Å². The van der Waals surface area contributed by atoms with Crippen LogP contribution in [0.2, 0.25) is 0 Å². The second-order valence-corrected chi connectivity index (χ2v) is 5.04. The molecule has 0 saturated heterocycles. The van der Waals surface area contributed by atoms with Gasteiger partial charge in [0.1, 0.15) is 11.6 Å². The Morgan fingerprint density at radius 1 is 1.23 bits per heavy atom. The smallest absolute Gasteiger partial charge is 0.311 e. The molecular weight excluding hydrogens is 283 g/mol. The molecule has 1 unspecified atom stereocenters. The maximum Gasteiger partial charge on any atom is 0.311 e. The number of carboxylic acids is 1. The first-order valence-electron chi connectivity index (χ1n) is 7.30. The largest absolute Gasteiger partial charge is 0.493 e. The van der Waals surface area contributed by atoms with Crippen molar-refractivity contribution < 1.29 is 19.0 Å². The molecule has 0 aromatic heterocycles. The summed E-state index contributed by atoms with van der Waals surface area (Å²) >= 11 is 0. The molecule has 3 nitrogen and oxygen atoms in total. The summed E-state index contributed by atoms with van der Waals surface area (Å²) in [4.78, 5) is 11.4. The molecule has 0 spiro atoms. The van der Waals surface area contributed by atoms with Gasteiger partial charge in [-0.2, -0.15) is 0 Å². The molecule has 1 atom stereocenters. The number of carbonyl (C=O) groups is 1. The lowest BCUT2D eigenvalue weighted by atomic mass is 9.96. The molecule has 22 heavy (non-hydrogen) atoms. The van der Waals surface area contributed by atoms with Crippen molar-refractivity contribution >= 4 is 5.97 Å². The number of carboxylic acid groups (broad SMARTS) is 1. The predicted molar refractivity (Wildman–Crippen MR) is 82.7 cm³/mol. The topological polar surface area (TPSA) is 46.5 Å². The van der Waals surface area contributed by atoms with Gasteiger partial charge >= 0.3 is 5.97 Å². The second kappa shape index (κ2) is 7.59. The van der Waals surface area contributed by atoms with Crippen LogP contribution >= 0.6 is 0 Å². The van der Waals surface area contributed by atoms with E-state index in [1.54, 1.807) is 6.07 Å². The number of para-hydroxylation sites is 1. The average molecular weight is 302 g/mol. The minimum atomic E-state index is -0.974. The van der Waals surface area contributed by atoms with Crippen molar-refractivity contribution in [1.29, 1.82) is 0 Å². The van der Waals surface area contributed by atoms with Gasteiger partial charge in [-0.25, -0.2) is 4.39 Å². The van der Waals surface area contributed by atoms with E-state index in [1.807, 2.05) is 31.2 Å². The third kappa shape index (κ3) is 4.07. The van der Waals surface area contributed by atoms with Gasteiger partial charge in [0, 0.05) is 0 Å². The highest BCUT2D eigenvalue weighted by atomic mass is 19.1. The third-order valence-electron chi connectivity index (χ3n) is 3.57. The number of hydrogen-bond acceptors (Lipinski definition) is 2. The van der Waals surface area contributed by atoms with Gasteiger partial charge in [-0.05, 0) is 42.2 Å². The summed E-state index contributed by atoms with van der Waals surface area (Å²) in [6, 6.07) is 13.4. The molecule has 1 N–H and O–H groups in total. The van der Waals surface area contributed by atoms with E-state index in [1.165, 1.54) is 18.2 Å². The van der Waals surface area contributed by atoms with Crippen LogP contribution < -0.4 is 4.74 Å². The van der Waals surface area contributed by atoms with Gasteiger partial charge in [0.05, 0.1) is 12.5 Å². The van der Waals surface area contributed by atoms with E-state index in [-0.39, 0.29) is 13.0 Å². The average Bonchev–Trinajstić information content (AvgIpc) is 2.51. The minimum Gasteiger partial charge on any atom is -0.493 e. The highest BCUT2D eigenvalue weighted by Crippen LogP contribution is 2.23. The summed E-state index contributed by atoms with van der Waals surface area (Å²) in [5, 5.41) is 9.34. The fourth-order valence-electron chi connectivity index (χ4n) is 2.38. The van der Waals surface area contributed by atoms with Crippen LogP contribution in [0, 0.1) is 5.82 Å². The summed E-state index contributed by atoms with van der Waals surface area (Å²) in [5.74, 6) is -1.41. The van der Waals surface area contributed by atoms with Crippen LogP contribution in [0.5, 0.6) is 5.75 Å². The zero-order valence-corrected chi connectivity index (χ0v) is 12.5. The summed E-state index contributed by atoms with van der Waals surface area (Å²) in [7, 11) is 0. The highest BCUT2D eigenvalue weighted by Gasteiger charge is 2.20. The Kier molecular flexibility index (Phi) is 5.53. The molecule has 0 bridgehead atoms. The Balaban J connectivity index is 2.02. The maximum atomic E-state index is 13.3. The van der Waals surface area contributed by atoms with Crippen molar-refractivity contribution in [2.75, 3.05) is 6.61 Å². The lowest BCUT2D eigenvalue weighted by Gasteiger charge is -2.15. The van der Waals surface area contributed by atoms with Gasteiger partial charge in [-0.3, -0.25) is 4.79 Å². The predicted octanol–water partition coefficient (Wildman–Crippen LogP) is 4.03. The van der Waals surface area contributed by atoms with E-state index in [9.17, 15) is 14.3 Å². The van der Waals surface area contributed by atoms with E-state index < -0.39 is 17.7 Å². The third-order valence-corrected chi connectivity index (χ3v) is 3.57. The Bertz CT molecular complexity index is 640. The van der Waals surface area contributed by atoms with Crippen molar-refractivity contribution in [1.82, 2.24) is 0 Å². The zero-order chi connectivity index (χ0) is 15.9. The number of aryl methyl sites for hydroxylation is 1. The number of benzene rings is 2. The van der Waals surface area contributed by atoms with Gasteiger partial charge in [0.25, 0.3) is 0 Å². The van der Waals surface area contributed by atoms with E-state index in [4.69, 9.17) is 4.74 Å². The van der Waals surface area contributed by atoms with Crippen LogP contribution in [0.4, 0.5) is 4.39 Å². The molecule has 0 saturated carbocycles. The number of halogens is 1. The number of aliphatic carboxylic acids is 1. The first kappa shape index (κ1) is 16.0. The van der Waals surface area contributed by atoms with E-state index in [2.05, 4.69) is 0 Å². The van der Waals surface area contributed by atoms with Crippen LogP contribution in [0.3, 0.4) is 0 Å². The standard InChI is InChI=1S/C18H19FO3/c1-2-13-6-3-4-9-17(13)22-11-10-16(18(20)21)14-7-5-8-15(19)12-14/h3-9,12,16H,2,10-11H2,1H3,(H,20,21). The maximum absolute atomic E-state index is 13.3. The Morgan fingerprint density at radius 2 is 2.00 bits per heavy atom. The molecule has 2 aromatic rings. The van der Waals surface area contributed by atoms with Crippen LogP contribution in [0.25, 0.3) is 0 Å². The van der Waals surface area contributed by atoms with E-state index in [0.29, 0.717) is 5.56 Å². The summed E-state index contributed by atoms with van der Waals surface area (Å²) in [5.41, 5.74) is 1.54. The molecule has 0 radical (unpaired) electrons. The molecule has 0 aliphatic carbocycles. The van der Waals surface area contributed by atoms with Gasteiger partial charge in [-0.15, -0.1) is 0 Å². The molecule has 0 aliphatic heterocycles. The SMILES string of the molecule is CCc1ccccc1OCCC(C(=O)O)c1cccc(F)c1. The molecule has 2 aromatic carbocycles. The molecule has 116 valence electrons. The van der Waals surface area contributed by atoms with Crippen LogP contribution in [0.1, 0.15) is 30.4 Å². The van der Waals surface area contributed by atoms with Crippen molar-refractivity contribution in [3.63, 3.8) is 0 Å². The fourth-order valence-corrected chi connectivity index (χ4v) is 2.38. The quantitative estimate of drug-likeness (QED) is 0.840. The Morgan fingerprint density at radius 3 is 2.68 bits per heavy atom. The summed E-state index contributed by atoms with van der Waals surface area (Å²) < 4.78 is 19.0. The molecule has 4 heteroatoms. The lowest BCUT2D eigenvalue weighted by molar-refractivity contribution is -0.139. The normalized spacial score (nSPS) is 11.9. The lowest BCUT2D eigenvalue weighted by Crippen LogP contribution is -2.15. The van der Waals surface area contributed by atoms with Gasteiger partial charge < -0.3 is 9.84 Å². The summed E-state index contributed by atoms with van der Waals surface area (Å²) in [6.45, 7) is 2.31. The zero-order valence-electron chi connectivity index (χ0n) is 12.5. The molecule has 0 aliphatic rings. The fraction of sp³-hybridized carbons (Fsp3) is 0.278. The van der Waals surface area contributed by atoms with E-state index >= 15 is 0 Å². The highest BCUT2D eigenvalue weighted by molar-refractivity contribution is 5.76. The molecule has 0 amide bonds. The first-order chi connectivity index (χ1) is 10.6. The van der Waals surface area contributed by atoms with Crippen molar-refractivity contribution in [2.45, 2.75) is 25.7 Å². The second-order valence-electron chi connectivity index (χ2n) is 5.04. The minimum absolute atomic E-state index is 0.268. The first-order valence-corrected chi connectivity index (χ1v) is 7.30. The van der Waals surface area contributed by atoms with Gasteiger partial charge in [0.2, 0.25) is 0 Å². The van der Waals surface area contributed by atoms with Crippen molar-refractivity contribution in [2.24, 2.45) is 0 Å². The Hall–Kier alpha value is -2.36. The molecule has 0 heterocycles. The van der Waals surface area contributed by atoms with Gasteiger partial charge in [-0.1, -0.05) is 37.3 Å². The molecule has 2 rings (SSSR count). The number of ether oxygens (including phenoxy) is 1. The molecule has 0 fully saturated rings. The van der Waals surface area contributed by atoms with Crippen molar-refractivity contribution in [3.8, 4) is 5.75 Å². The Labute approximate surface area is 129 Å². The van der Waals surface area contributed by atoms with Gasteiger partial charge in [0.15, 0.2) is 0 Å². The molecular formula is C18H19FO3. The van der Waals surface area contributed by atoms with Crippen molar-refractivity contribution in [3.05, 3.63) is 65.5 Å². The van der Waals surface area contributed by atoms with Crippen LogP contribution in [-0.2, 0) is 11.2 Å². The summed E-state index contributed by atoms with van der Waals surface area (Å²) in [6.07, 6.45) is 1.14. The number of rotatable bonds is 7. The monoisotopic (exact) mass is 302 g/mol.